The van der Waals surface area contributed by atoms with E-state index in [9.17, 15) is 14.4 Å². The van der Waals surface area contributed by atoms with Gasteiger partial charge in [-0.3, -0.25) is 0 Å². The highest BCUT2D eigenvalue weighted by Crippen LogP contribution is 2.24. The van der Waals surface area contributed by atoms with Crippen molar-refractivity contribution < 1.29 is 53.0 Å². The summed E-state index contributed by atoms with van der Waals surface area (Å²) in [4.78, 5) is 33.5. The number of rotatable bonds is 20. The van der Waals surface area contributed by atoms with Crippen molar-refractivity contribution in [1.82, 2.24) is 0 Å². The van der Waals surface area contributed by atoms with Gasteiger partial charge in [0.15, 0.2) is 0 Å². The topological polar surface area (TPSA) is 147 Å². The third-order valence-corrected chi connectivity index (χ3v) is 4.03. The maximum Gasteiger partial charge on any atom is 0.330 e. The molecule has 0 amide bonds. The summed E-state index contributed by atoms with van der Waals surface area (Å²) in [5.74, 6) is -1.84. The first kappa shape index (κ1) is 33.6. The molecule has 0 aliphatic carbocycles. The van der Waals surface area contributed by atoms with Crippen LogP contribution in [0.1, 0.15) is 13.3 Å². The molecule has 0 aromatic heterocycles. The van der Waals surface area contributed by atoms with Crippen molar-refractivity contribution in [2.45, 2.75) is 13.3 Å². The molecule has 0 aromatic rings. The van der Waals surface area contributed by atoms with E-state index in [1.54, 1.807) is 6.92 Å². The lowest BCUT2D eigenvalue weighted by atomic mass is 9.88. The fourth-order valence-corrected chi connectivity index (χ4v) is 1.95. The second-order valence-electron chi connectivity index (χ2n) is 6.57. The Balaban J connectivity index is 0. The Morgan fingerprint density at radius 2 is 0.941 bits per heavy atom. The van der Waals surface area contributed by atoms with Gasteiger partial charge < -0.3 is 38.6 Å². The number of hydrogen-bond donors (Lipinski definition) is 2. The number of carbonyl (C=O) groups excluding carboxylic acids is 3. The van der Waals surface area contributed by atoms with E-state index < -0.39 is 23.3 Å². The lowest BCUT2D eigenvalue weighted by Gasteiger charge is -2.30. The zero-order valence-corrected chi connectivity index (χ0v) is 19.9. The van der Waals surface area contributed by atoms with Crippen molar-refractivity contribution >= 4 is 17.9 Å². The molecule has 34 heavy (non-hydrogen) atoms. The molecule has 0 aliphatic rings. The van der Waals surface area contributed by atoms with Crippen LogP contribution in [0.4, 0.5) is 0 Å². The van der Waals surface area contributed by atoms with Crippen LogP contribution in [0.25, 0.3) is 0 Å². The molecule has 0 bridgehead atoms. The van der Waals surface area contributed by atoms with Crippen molar-refractivity contribution in [3.05, 3.63) is 38.0 Å². The van der Waals surface area contributed by atoms with Crippen LogP contribution in [0.5, 0.6) is 0 Å². The molecule has 11 nitrogen and oxygen atoms in total. The molecule has 0 atom stereocenters. The minimum atomic E-state index is -0.837. The molecule has 0 spiro atoms. The van der Waals surface area contributed by atoms with Crippen molar-refractivity contribution in [3.8, 4) is 0 Å². The monoisotopic (exact) mass is 490 g/mol. The van der Waals surface area contributed by atoms with Gasteiger partial charge in [-0.25, -0.2) is 14.4 Å². The molecule has 2 N–H and O–H groups in total. The lowest BCUT2D eigenvalue weighted by Crippen LogP contribution is -2.38. The number of hydrogen-bond acceptors (Lipinski definition) is 11. The van der Waals surface area contributed by atoms with Gasteiger partial charge in [-0.15, -0.1) is 0 Å². The van der Waals surface area contributed by atoms with Crippen LogP contribution in [-0.4, -0.2) is 101 Å². The predicted octanol–water partition coefficient (Wildman–Crippen LogP) is 0.591. The first-order chi connectivity index (χ1) is 16.3. The van der Waals surface area contributed by atoms with E-state index in [-0.39, 0.29) is 33.0 Å². The molecule has 0 radical (unpaired) electrons. The van der Waals surface area contributed by atoms with E-state index in [0.29, 0.717) is 46.1 Å². The third-order valence-electron chi connectivity index (χ3n) is 4.03. The van der Waals surface area contributed by atoms with Gasteiger partial charge in [-0.05, 0) is 6.42 Å². The van der Waals surface area contributed by atoms with Gasteiger partial charge in [0, 0.05) is 18.2 Å². The minimum absolute atomic E-state index is 0.0413. The normalized spacial score (nSPS) is 10.3. The molecule has 0 heterocycles. The van der Waals surface area contributed by atoms with Crippen LogP contribution >= 0.6 is 0 Å². The van der Waals surface area contributed by atoms with E-state index in [2.05, 4.69) is 19.7 Å². The average molecular weight is 491 g/mol. The quantitative estimate of drug-likeness (QED) is 0.107. The Labute approximate surface area is 200 Å². The average Bonchev–Trinajstić information content (AvgIpc) is 2.87. The molecule has 0 saturated heterocycles. The molecule has 0 aliphatic heterocycles. The van der Waals surface area contributed by atoms with Crippen LogP contribution in [-0.2, 0) is 42.8 Å². The number of ether oxygens (including phenoxy) is 6. The summed E-state index contributed by atoms with van der Waals surface area (Å²) >= 11 is 0. The van der Waals surface area contributed by atoms with Crippen LogP contribution in [0, 0.1) is 5.41 Å². The second-order valence-corrected chi connectivity index (χ2v) is 6.57. The van der Waals surface area contributed by atoms with Gasteiger partial charge >= 0.3 is 17.9 Å². The zero-order valence-electron chi connectivity index (χ0n) is 19.9. The van der Waals surface area contributed by atoms with Gasteiger partial charge in [-0.1, -0.05) is 26.7 Å². The Hall–Kier alpha value is -2.57. The van der Waals surface area contributed by atoms with Gasteiger partial charge in [0.1, 0.15) is 19.8 Å². The van der Waals surface area contributed by atoms with Crippen LogP contribution in [0.2, 0.25) is 0 Å². The first-order valence-corrected chi connectivity index (χ1v) is 10.7. The van der Waals surface area contributed by atoms with Gasteiger partial charge in [-0.2, -0.15) is 0 Å². The lowest BCUT2D eigenvalue weighted by molar-refractivity contribution is -0.156. The molecule has 0 rings (SSSR count). The van der Waals surface area contributed by atoms with E-state index in [4.69, 9.17) is 38.6 Å². The van der Waals surface area contributed by atoms with Crippen molar-refractivity contribution in [1.29, 1.82) is 0 Å². The Morgan fingerprint density at radius 1 is 0.647 bits per heavy atom. The van der Waals surface area contributed by atoms with E-state index >= 15 is 0 Å². The Morgan fingerprint density at radius 3 is 1.18 bits per heavy atom. The number of aliphatic hydroxyl groups excluding tert-OH is 2. The van der Waals surface area contributed by atoms with Crippen molar-refractivity contribution in [2.75, 3.05) is 72.7 Å². The smallest absolute Gasteiger partial charge is 0.330 e. The maximum atomic E-state index is 11.2. The largest absolute Gasteiger partial charge is 0.462 e. The van der Waals surface area contributed by atoms with Crippen LogP contribution in [0.15, 0.2) is 38.0 Å². The summed E-state index contributed by atoms with van der Waals surface area (Å²) in [6.07, 6.45) is 3.51. The number of aliphatic hydroxyl groups is 2. The van der Waals surface area contributed by atoms with E-state index in [1.165, 1.54) is 0 Å². The summed E-state index contributed by atoms with van der Waals surface area (Å²) in [7, 11) is 0. The SMILES string of the molecule is C=CC(=O)OCC(CC)(COC(=O)C=C)COC(=O)C=C.OCCOCCOCCOCCO. The molecule has 196 valence electrons. The number of carbonyl (C=O) groups is 3. The highest BCUT2D eigenvalue weighted by atomic mass is 16.6. The first-order valence-electron chi connectivity index (χ1n) is 10.7. The standard InChI is InChI=1S/C15H20O6.C8H18O5/c1-5-12(16)19-9-15(8-4,10-20-13(17)6-2)11-21-14(18)7-3;9-1-3-11-5-7-13-8-6-12-4-2-10/h5-7H,1-3,8-11H2,4H3;9-10H,1-8H2. The van der Waals surface area contributed by atoms with Crippen LogP contribution < -0.4 is 0 Å². The molecular formula is C23H38O11. The molecule has 0 unspecified atom stereocenters. The molecular weight excluding hydrogens is 452 g/mol. The summed E-state index contributed by atoms with van der Waals surface area (Å²) in [5.41, 5.74) is -0.837. The summed E-state index contributed by atoms with van der Waals surface area (Å²) in [6, 6.07) is 0. The van der Waals surface area contributed by atoms with Crippen molar-refractivity contribution in [3.63, 3.8) is 0 Å². The summed E-state index contributed by atoms with van der Waals surface area (Å²) < 4.78 is 30.0. The fraction of sp³-hybridized carbons (Fsp3) is 0.609. The fourth-order valence-electron chi connectivity index (χ4n) is 1.95. The third kappa shape index (κ3) is 20.1. The highest BCUT2D eigenvalue weighted by Gasteiger charge is 2.33. The maximum absolute atomic E-state index is 11.2. The van der Waals surface area contributed by atoms with Crippen molar-refractivity contribution in [2.24, 2.45) is 5.41 Å². The Bertz CT molecular complexity index is 520. The predicted molar refractivity (Wildman–Crippen MR) is 123 cm³/mol. The molecule has 11 heteroatoms. The summed E-state index contributed by atoms with van der Waals surface area (Å²) in [6.45, 7) is 14.2. The molecule has 0 fully saturated rings. The molecule has 0 aromatic carbocycles. The Kier molecular flexibility index (Phi) is 23.3. The minimum Gasteiger partial charge on any atom is -0.462 e. The van der Waals surface area contributed by atoms with Gasteiger partial charge in [0.05, 0.1) is 58.3 Å². The second kappa shape index (κ2) is 23.6. The zero-order chi connectivity index (χ0) is 26.1. The van der Waals surface area contributed by atoms with Crippen LogP contribution in [0.3, 0.4) is 0 Å². The van der Waals surface area contributed by atoms with Gasteiger partial charge in [0.2, 0.25) is 0 Å². The van der Waals surface area contributed by atoms with E-state index in [1.807, 2.05) is 0 Å². The number of esters is 3. The molecule has 0 saturated carbocycles. The van der Waals surface area contributed by atoms with Gasteiger partial charge in [0.25, 0.3) is 0 Å². The highest BCUT2D eigenvalue weighted by molar-refractivity contribution is 5.82. The van der Waals surface area contributed by atoms with E-state index in [0.717, 1.165) is 18.2 Å². The summed E-state index contributed by atoms with van der Waals surface area (Å²) in [5, 5.41) is 16.7.